The zero-order valence-corrected chi connectivity index (χ0v) is 17.7. The zero-order chi connectivity index (χ0) is 20.8. The predicted octanol–water partition coefficient (Wildman–Crippen LogP) is 4.11. The maximum absolute atomic E-state index is 12.8. The minimum Gasteiger partial charge on any atom is -0.350 e. The van der Waals surface area contributed by atoms with E-state index >= 15 is 0 Å². The summed E-state index contributed by atoms with van der Waals surface area (Å²) >= 11 is 12.1. The number of nitrogens with zero attached hydrogens (tertiary/aromatic N) is 4. The molecular weight excluding hydrogens is 411 g/mol. The van der Waals surface area contributed by atoms with Gasteiger partial charge in [0.1, 0.15) is 23.3 Å². The highest BCUT2D eigenvalue weighted by Crippen LogP contribution is 2.17. The number of anilines is 1. The molecule has 0 aliphatic rings. The highest BCUT2D eigenvalue weighted by atomic mass is 35.5. The highest BCUT2D eigenvalue weighted by Gasteiger charge is 2.21. The molecule has 0 bridgehead atoms. The number of hydrogen-bond donors (Lipinski definition) is 2. The van der Waals surface area contributed by atoms with Crippen LogP contribution in [0.25, 0.3) is 5.82 Å². The summed E-state index contributed by atoms with van der Waals surface area (Å²) in [5.74, 6) is 1.01. The molecule has 0 radical (unpaired) electrons. The van der Waals surface area contributed by atoms with Gasteiger partial charge in [-0.3, -0.25) is 9.36 Å². The number of amides is 1. The summed E-state index contributed by atoms with van der Waals surface area (Å²) in [5.41, 5.74) is 0.965. The van der Waals surface area contributed by atoms with Gasteiger partial charge in [-0.25, -0.2) is 9.97 Å². The van der Waals surface area contributed by atoms with Gasteiger partial charge in [0.25, 0.3) is 0 Å². The Morgan fingerprint density at radius 3 is 2.59 bits per heavy atom. The van der Waals surface area contributed by atoms with Gasteiger partial charge in [-0.1, -0.05) is 49.2 Å². The number of rotatable bonds is 8. The second-order valence-electron chi connectivity index (χ2n) is 7.01. The van der Waals surface area contributed by atoms with E-state index in [2.05, 4.69) is 39.4 Å². The number of imidazole rings is 1. The molecule has 1 atom stereocenters. The van der Waals surface area contributed by atoms with Crippen LogP contribution < -0.4 is 10.6 Å². The number of hydrogen-bond acceptors (Lipinski definition) is 5. The normalized spacial score (nSPS) is 12.0. The summed E-state index contributed by atoms with van der Waals surface area (Å²) in [5, 5.41) is 7.01. The van der Waals surface area contributed by atoms with Gasteiger partial charge in [-0.05, 0) is 30.0 Å². The molecule has 0 spiro atoms. The monoisotopic (exact) mass is 432 g/mol. The summed E-state index contributed by atoms with van der Waals surface area (Å²) in [6.45, 7) is 4.51. The maximum Gasteiger partial charge on any atom is 0.242 e. The second-order valence-corrected chi connectivity index (χ2v) is 7.84. The quantitative estimate of drug-likeness (QED) is 0.523. The lowest BCUT2D eigenvalue weighted by Crippen LogP contribution is -2.40. The van der Waals surface area contributed by atoms with Crippen LogP contribution in [-0.2, 0) is 11.3 Å². The van der Waals surface area contributed by atoms with E-state index in [-0.39, 0.29) is 17.0 Å². The number of benzene rings is 1. The first-order chi connectivity index (χ1) is 13.9. The molecule has 0 fully saturated rings. The fourth-order valence-electron chi connectivity index (χ4n) is 2.77. The van der Waals surface area contributed by atoms with Crippen LogP contribution in [0.15, 0.2) is 49.1 Å². The molecule has 152 valence electrons. The smallest absolute Gasteiger partial charge is 0.242 e. The van der Waals surface area contributed by atoms with E-state index in [4.69, 9.17) is 23.2 Å². The minimum atomic E-state index is -0.503. The topological polar surface area (TPSA) is 84.7 Å². The lowest BCUT2D eigenvalue weighted by molar-refractivity contribution is -0.122. The number of nitrogens with one attached hydrogen (secondary N) is 2. The minimum absolute atomic E-state index is 0.138. The van der Waals surface area contributed by atoms with Gasteiger partial charge in [-0.15, -0.1) is 0 Å². The first-order valence-electron chi connectivity index (χ1n) is 9.22. The Bertz CT molecular complexity index is 944. The van der Waals surface area contributed by atoms with E-state index in [0.717, 1.165) is 5.56 Å². The van der Waals surface area contributed by atoms with Crippen LogP contribution in [0.3, 0.4) is 0 Å². The van der Waals surface area contributed by atoms with Gasteiger partial charge in [0.15, 0.2) is 0 Å². The van der Waals surface area contributed by atoms with Gasteiger partial charge < -0.3 is 10.6 Å². The van der Waals surface area contributed by atoms with E-state index < -0.39 is 6.04 Å². The van der Waals surface area contributed by atoms with Crippen LogP contribution in [0.2, 0.25) is 10.2 Å². The standard InChI is InChI=1S/C20H22Cl2N6O/c1-13(2)9-16(19(29)24-11-14-3-5-15(21)6-4-14)25-20-26-17(22)10-18(27-20)28-8-7-23-12-28/h3-8,10,12-13,16H,9,11H2,1-2H3,(H,24,29)(H,25,26,27)/t16-/m1/s1. The largest absolute Gasteiger partial charge is 0.350 e. The Hall–Kier alpha value is -2.64. The molecule has 0 aliphatic carbocycles. The second kappa shape index (κ2) is 9.71. The molecule has 0 saturated heterocycles. The number of carbonyl (C=O) groups excluding carboxylic acids is 1. The Labute approximate surface area is 179 Å². The van der Waals surface area contributed by atoms with Gasteiger partial charge in [0.2, 0.25) is 11.9 Å². The molecule has 1 aromatic carbocycles. The first-order valence-corrected chi connectivity index (χ1v) is 9.98. The van der Waals surface area contributed by atoms with Crippen molar-refractivity contribution in [2.45, 2.75) is 32.9 Å². The predicted molar refractivity (Wildman–Crippen MR) is 114 cm³/mol. The average molecular weight is 433 g/mol. The molecule has 2 aromatic heterocycles. The van der Waals surface area contributed by atoms with Crippen molar-refractivity contribution < 1.29 is 4.79 Å². The fourth-order valence-corrected chi connectivity index (χ4v) is 3.07. The fraction of sp³-hybridized carbons (Fsp3) is 0.300. The third-order valence-corrected chi connectivity index (χ3v) is 4.60. The molecule has 2 N–H and O–H groups in total. The van der Waals surface area contributed by atoms with Crippen molar-refractivity contribution in [2.75, 3.05) is 5.32 Å². The molecule has 2 heterocycles. The SMILES string of the molecule is CC(C)C[C@@H](Nc1nc(Cl)cc(-n2ccnc2)n1)C(=O)NCc1ccc(Cl)cc1. The molecule has 9 heteroatoms. The average Bonchev–Trinajstić information content (AvgIpc) is 3.21. The van der Waals surface area contributed by atoms with E-state index in [0.29, 0.717) is 29.7 Å². The highest BCUT2D eigenvalue weighted by molar-refractivity contribution is 6.30. The molecule has 3 rings (SSSR count). The summed E-state index contributed by atoms with van der Waals surface area (Å²) in [4.78, 5) is 25.5. The summed E-state index contributed by atoms with van der Waals surface area (Å²) in [6.07, 6.45) is 5.64. The van der Waals surface area contributed by atoms with Crippen molar-refractivity contribution in [3.63, 3.8) is 0 Å². The Morgan fingerprint density at radius 2 is 1.93 bits per heavy atom. The van der Waals surface area contributed by atoms with Crippen LogP contribution in [0, 0.1) is 5.92 Å². The third-order valence-electron chi connectivity index (χ3n) is 4.16. The first kappa shape index (κ1) is 21.1. The molecule has 0 saturated carbocycles. The van der Waals surface area contributed by atoms with Crippen molar-refractivity contribution in [3.05, 3.63) is 64.8 Å². The van der Waals surface area contributed by atoms with Gasteiger partial charge in [0, 0.05) is 30.0 Å². The molecule has 3 aromatic rings. The number of halogens is 2. The Balaban J connectivity index is 1.73. The molecular formula is C20H22Cl2N6O. The Kier molecular flexibility index (Phi) is 7.06. The summed E-state index contributed by atoms with van der Waals surface area (Å²) < 4.78 is 1.72. The lowest BCUT2D eigenvalue weighted by atomic mass is 10.0. The Morgan fingerprint density at radius 1 is 1.17 bits per heavy atom. The molecule has 0 aliphatic heterocycles. The van der Waals surface area contributed by atoms with E-state index in [1.807, 2.05) is 12.1 Å². The molecule has 7 nitrogen and oxygen atoms in total. The van der Waals surface area contributed by atoms with Crippen molar-refractivity contribution >= 4 is 35.1 Å². The van der Waals surface area contributed by atoms with Crippen LogP contribution >= 0.6 is 23.2 Å². The lowest BCUT2D eigenvalue weighted by Gasteiger charge is -2.20. The van der Waals surface area contributed by atoms with Crippen molar-refractivity contribution in [1.82, 2.24) is 24.8 Å². The van der Waals surface area contributed by atoms with Crippen LogP contribution in [0.5, 0.6) is 0 Å². The number of carbonyl (C=O) groups is 1. The van der Waals surface area contributed by atoms with Gasteiger partial charge in [0.05, 0.1) is 0 Å². The zero-order valence-electron chi connectivity index (χ0n) is 16.1. The third kappa shape index (κ3) is 6.17. The molecule has 1 amide bonds. The maximum atomic E-state index is 12.8. The number of aromatic nitrogens is 4. The van der Waals surface area contributed by atoms with E-state index in [1.165, 1.54) is 0 Å². The van der Waals surface area contributed by atoms with Gasteiger partial charge in [-0.2, -0.15) is 4.98 Å². The molecule has 29 heavy (non-hydrogen) atoms. The van der Waals surface area contributed by atoms with Crippen LogP contribution in [0.4, 0.5) is 5.95 Å². The van der Waals surface area contributed by atoms with E-state index in [9.17, 15) is 4.79 Å². The summed E-state index contributed by atoms with van der Waals surface area (Å²) in [7, 11) is 0. The van der Waals surface area contributed by atoms with Crippen molar-refractivity contribution in [1.29, 1.82) is 0 Å². The van der Waals surface area contributed by atoms with E-state index in [1.54, 1.807) is 41.5 Å². The van der Waals surface area contributed by atoms with Crippen molar-refractivity contribution in [2.24, 2.45) is 5.92 Å². The molecule has 0 unspecified atom stereocenters. The van der Waals surface area contributed by atoms with Crippen LogP contribution in [-0.4, -0.2) is 31.5 Å². The van der Waals surface area contributed by atoms with Crippen LogP contribution in [0.1, 0.15) is 25.8 Å². The van der Waals surface area contributed by atoms with Crippen molar-refractivity contribution in [3.8, 4) is 5.82 Å². The van der Waals surface area contributed by atoms with Gasteiger partial charge >= 0.3 is 0 Å². The summed E-state index contributed by atoms with van der Waals surface area (Å²) in [6, 6.07) is 8.48.